The van der Waals surface area contributed by atoms with Crippen molar-refractivity contribution >= 4 is 6.47 Å². The zero-order valence-electron chi connectivity index (χ0n) is 17.9. The molecule has 0 bridgehead atoms. The fourth-order valence-electron chi connectivity index (χ4n) is 3.65. The van der Waals surface area contributed by atoms with Crippen molar-refractivity contribution < 1.29 is 9.53 Å². The quantitative estimate of drug-likeness (QED) is 0.170. The van der Waals surface area contributed by atoms with Gasteiger partial charge < -0.3 is 4.74 Å². The summed E-state index contributed by atoms with van der Waals surface area (Å²) in [5.74, 6) is 0. The fourth-order valence-corrected chi connectivity index (χ4v) is 3.65. The molecule has 0 aromatic carbocycles. The Balaban J connectivity index is 2.96. The largest absolute Gasteiger partial charge is 0.457 e. The highest BCUT2D eigenvalue weighted by atomic mass is 16.5. The van der Waals surface area contributed by atoms with E-state index in [1.165, 1.54) is 135 Å². The molecular formula is C24H47O2. The Morgan fingerprint density at radius 1 is 0.462 bits per heavy atom. The van der Waals surface area contributed by atoms with Crippen molar-refractivity contribution in [1.29, 1.82) is 0 Å². The molecule has 0 rings (SSSR count). The lowest BCUT2D eigenvalue weighted by Crippen LogP contribution is -1.91. The van der Waals surface area contributed by atoms with Crippen molar-refractivity contribution in [1.82, 2.24) is 0 Å². The highest BCUT2D eigenvalue weighted by Gasteiger charge is 1.95. The van der Waals surface area contributed by atoms with Gasteiger partial charge in [0, 0.05) is 0 Å². The van der Waals surface area contributed by atoms with E-state index in [0.717, 1.165) is 6.42 Å². The van der Waals surface area contributed by atoms with Crippen LogP contribution in [0.15, 0.2) is 0 Å². The SMILES string of the molecule is CCCCCCCCCCCCCCCCCCCCCCCO[C]=O. The molecule has 0 fully saturated rings. The fraction of sp³-hybridized carbons (Fsp3) is 0.958. The van der Waals surface area contributed by atoms with Crippen LogP contribution < -0.4 is 0 Å². The van der Waals surface area contributed by atoms with Gasteiger partial charge in [0.1, 0.15) is 0 Å². The summed E-state index contributed by atoms with van der Waals surface area (Å²) in [6.45, 7) is 4.31. The second-order valence-corrected chi connectivity index (χ2v) is 8.00. The first-order valence-corrected chi connectivity index (χ1v) is 11.9. The van der Waals surface area contributed by atoms with Crippen LogP contribution in [0.3, 0.4) is 0 Å². The molecule has 2 heteroatoms. The summed E-state index contributed by atoms with van der Waals surface area (Å²) in [5.41, 5.74) is 0. The molecule has 0 saturated heterocycles. The summed E-state index contributed by atoms with van der Waals surface area (Å²) in [7, 11) is 0. The second kappa shape index (κ2) is 24.5. The Labute approximate surface area is 164 Å². The maximum atomic E-state index is 9.87. The summed E-state index contributed by atoms with van der Waals surface area (Å²) in [4.78, 5) is 9.87. The molecule has 155 valence electrons. The first-order valence-electron chi connectivity index (χ1n) is 11.9. The maximum absolute atomic E-state index is 9.87. The van der Waals surface area contributed by atoms with Crippen LogP contribution in [0, 0.1) is 0 Å². The summed E-state index contributed by atoms with van der Waals surface area (Å²) >= 11 is 0. The number of carbonyl (C=O) groups excluding carboxylic acids is 1. The highest BCUT2D eigenvalue weighted by molar-refractivity contribution is 5.37. The number of ether oxygens (including phenoxy) is 1. The first kappa shape index (κ1) is 25.5. The zero-order valence-corrected chi connectivity index (χ0v) is 17.9. The van der Waals surface area contributed by atoms with Gasteiger partial charge in [-0.15, -0.1) is 0 Å². The van der Waals surface area contributed by atoms with E-state index in [-0.39, 0.29) is 0 Å². The molecule has 0 aliphatic carbocycles. The third-order valence-electron chi connectivity index (χ3n) is 5.41. The van der Waals surface area contributed by atoms with Crippen molar-refractivity contribution in [2.75, 3.05) is 6.61 Å². The monoisotopic (exact) mass is 367 g/mol. The molecular weight excluding hydrogens is 320 g/mol. The number of hydrogen-bond donors (Lipinski definition) is 0. The van der Waals surface area contributed by atoms with E-state index in [2.05, 4.69) is 11.7 Å². The Morgan fingerprint density at radius 3 is 1.00 bits per heavy atom. The molecule has 0 aromatic rings. The van der Waals surface area contributed by atoms with Crippen molar-refractivity contribution in [3.05, 3.63) is 0 Å². The van der Waals surface area contributed by atoms with Crippen molar-refractivity contribution in [2.45, 2.75) is 142 Å². The molecule has 0 amide bonds. The molecule has 0 saturated carbocycles. The van der Waals surface area contributed by atoms with Gasteiger partial charge in [0.15, 0.2) is 0 Å². The minimum atomic E-state index is 0.544. The molecule has 26 heavy (non-hydrogen) atoms. The number of hydrogen-bond acceptors (Lipinski definition) is 2. The van der Waals surface area contributed by atoms with Gasteiger partial charge in [-0.25, -0.2) is 4.79 Å². The molecule has 0 aromatic heterocycles. The topological polar surface area (TPSA) is 26.3 Å². The average molecular weight is 368 g/mol. The Hall–Kier alpha value is -0.530. The van der Waals surface area contributed by atoms with Gasteiger partial charge in [0.05, 0.1) is 6.61 Å². The second-order valence-electron chi connectivity index (χ2n) is 8.00. The molecule has 1 radical (unpaired) electrons. The Kier molecular flexibility index (Phi) is 24.0. The zero-order chi connectivity index (χ0) is 19.0. The Bertz CT molecular complexity index is 253. The highest BCUT2D eigenvalue weighted by Crippen LogP contribution is 2.14. The lowest BCUT2D eigenvalue weighted by atomic mass is 10.0. The standard InChI is InChI=1S/C24H47O2/c1-2-3-4-5-6-7-8-9-10-11-12-13-14-15-16-17-18-19-20-21-22-23-26-24-25/h2-23H2,1H3. The molecule has 2 nitrogen and oxygen atoms in total. The molecule has 0 N–H and O–H groups in total. The summed E-state index contributed by atoms with van der Waals surface area (Å²) in [5, 5.41) is 0. The number of unbranched alkanes of at least 4 members (excludes halogenated alkanes) is 20. The maximum Gasteiger partial charge on any atom is 0.417 e. The first-order chi connectivity index (χ1) is 12.9. The van der Waals surface area contributed by atoms with Gasteiger partial charge in [-0.05, 0) is 6.42 Å². The van der Waals surface area contributed by atoms with Crippen LogP contribution in [0.4, 0.5) is 0 Å². The van der Waals surface area contributed by atoms with Crippen LogP contribution in [0.1, 0.15) is 142 Å². The van der Waals surface area contributed by atoms with Crippen LogP contribution in [-0.4, -0.2) is 13.1 Å². The minimum Gasteiger partial charge on any atom is -0.457 e. The van der Waals surface area contributed by atoms with Crippen LogP contribution in [-0.2, 0) is 9.53 Å². The smallest absolute Gasteiger partial charge is 0.417 e. The molecule has 0 aliphatic heterocycles. The third kappa shape index (κ3) is 23.5. The van der Waals surface area contributed by atoms with Crippen LogP contribution in [0.25, 0.3) is 0 Å². The van der Waals surface area contributed by atoms with E-state index >= 15 is 0 Å². The predicted octanol–water partition coefficient (Wildman–Crippen LogP) is 8.28. The van der Waals surface area contributed by atoms with Gasteiger partial charge >= 0.3 is 6.47 Å². The predicted molar refractivity (Wildman–Crippen MR) is 114 cm³/mol. The van der Waals surface area contributed by atoms with Crippen molar-refractivity contribution in [2.24, 2.45) is 0 Å². The minimum absolute atomic E-state index is 0.544. The average Bonchev–Trinajstić information content (AvgIpc) is 2.66. The molecule has 0 unspecified atom stereocenters. The Morgan fingerprint density at radius 2 is 0.731 bits per heavy atom. The number of rotatable bonds is 23. The van der Waals surface area contributed by atoms with E-state index in [9.17, 15) is 4.79 Å². The van der Waals surface area contributed by atoms with Crippen LogP contribution in [0.2, 0.25) is 0 Å². The van der Waals surface area contributed by atoms with E-state index in [0.29, 0.717) is 6.61 Å². The lowest BCUT2D eigenvalue weighted by molar-refractivity contribution is 0.268. The molecule has 0 heterocycles. The normalized spacial score (nSPS) is 11.0. The van der Waals surface area contributed by atoms with E-state index in [1.807, 2.05) is 0 Å². The lowest BCUT2D eigenvalue weighted by Gasteiger charge is -2.04. The molecule has 0 atom stereocenters. The third-order valence-corrected chi connectivity index (χ3v) is 5.41. The van der Waals surface area contributed by atoms with E-state index in [4.69, 9.17) is 0 Å². The van der Waals surface area contributed by atoms with Gasteiger partial charge in [0.2, 0.25) is 0 Å². The van der Waals surface area contributed by atoms with Crippen molar-refractivity contribution in [3.63, 3.8) is 0 Å². The van der Waals surface area contributed by atoms with Gasteiger partial charge in [0.25, 0.3) is 0 Å². The molecule has 0 spiro atoms. The van der Waals surface area contributed by atoms with Crippen LogP contribution >= 0.6 is 0 Å². The van der Waals surface area contributed by atoms with E-state index in [1.54, 1.807) is 0 Å². The van der Waals surface area contributed by atoms with Crippen LogP contribution in [0.5, 0.6) is 0 Å². The van der Waals surface area contributed by atoms with E-state index < -0.39 is 0 Å². The summed E-state index contributed by atoms with van der Waals surface area (Å²) in [6, 6.07) is 0. The summed E-state index contributed by atoms with van der Waals surface area (Å²) < 4.78 is 4.57. The van der Waals surface area contributed by atoms with Gasteiger partial charge in [-0.2, -0.15) is 0 Å². The summed E-state index contributed by atoms with van der Waals surface area (Å²) in [6.07, 6.45) is 29.3. The van der Waals surface area contributed by atoms with Gasteiger partial charge in [-0.1, -0.05) is 135 Å². The van der Waals surface area contributed by atoms with Gasteiger partial charge in [-0.3, -0.25) is 0 Å². The molecule has 0 aliphatic rings. The van der Waals surface area contributed by atoms with Crippen molar-refractivity contribution in [3.8, 4) is 0 Å².